The first kappa shape index (κ1) is 20.5. The van der Waals surface area contributed by atoms with E-state index >= 15 is 0 Å². The maximum absolute atomic E-state index is 6.56. The van der Waals surface area contributed by atoms with Crippen LogP contribution in [-0.4, -0.2) is 0 Å². The molecule has 7 rings (SSSR count). The lowest BCUT2D eigenvalue weighted by atomic mass is 9.79. The summed E-state index contributed by atoms with van der Waals surface area (Å²) in [4.78, 5) is 0. The van der Waals surface area contributed by atoms with E-state index in [1.54, 1.807) is 0 Å². The van der Waals surface area contributed by atoms with E-state index in [9.17, 15) is 0 Å². The highest BCUT2D eigenvalue weighted by Gasteiger charge is 2.43. The molecule has 1 nitrogen and oxygen atoms in total. The van der Waals surface area contributed by atoms with Crippen LogP contribution in [0.5, 0.6) is 0 Å². The minimum atomic E-state index is -0.106. The molecular formula is C32H27BrO. The van der Waals surface area contributed by atoms with Gasteiger partial charge in [-0.25, -0.2) is 0 Å². The summed E-state index contributed by atoms with van der Waals surface area (Å²) in [7, 11) is 0. The quantitative estimate of drug-likeness (QED) is 0.220. The summed E-state index contributed by atoms with van der Waals surface area (Å²) < 4.78 is 7.67. The molecule has 0 unspecified atom stereocenters. The van der Waals surface area contributed by atoms with E-state index in [1.165, 1.54) is 60.8 Å². The highest BCUT2D eigenvalue weighted by atomic mass is 79.9. The van der Waals surface area contributed by atoms with Gasteiger partial charge < -0.3 is 4.42 Å². The van der Waals surface area contributed by atoms with Crippen LogP contribution >= 0.6 is 15.9 Å². The van der Waals surface area contributed by atoms with Crippen LogP contribution in [0.4, 0.5) is 0 Å². The predicted octanol–water partition coefficient (Wildman–Crippen LogP) is 9.52. The molecule has 0 aliphatic heterocycles. The normalized spacial score (nSPS) is 16.5. The molecule has 0 saturated carbocycles. The van der Waals surface area contributed by atoms with E-state index in [4.69, 9.17) is 4.42 Å². The highest BCUT2D eigenvalue weighted by Crippen LogP contribution is 2.58. The number of hydrogen-bond acceptors (Lipinski definition) is 1. The van der Waals surface area contributed by atoms with Crippen LogP contribution in [0.1, 0.15) is 62.4 Å². The summed E-state index contributed by atoms with van der Waals surface area (Å²) in [6.45, 7) is 11.7. The average molecular weight is 507 g/mol. The zero-order chi connectivity index (χ0) is 23.6. The van der Waals surface area contributed by atoms with Crippen molar-refractivity contribution in [1.29, 1.82) is 0 Å². The van der Waals surface area contributed by atoms with Crippen molar-refractivity contribution in [2.75, 3.05) is 0 Å². The number of para-hydroxylation sites is 1. The molecule has 34 heavy (non-hydrogen) atoms. The Kier molecular flexibility index (Phi) is 3.88. The second-order valence-electron chi connectivity index (χ2n) is 11.0. The molecule has 0 bridgehead atoms. The summed E-state index contributed by atoms with van der Waals surface area (Å²) in [5.41, 5.74) is 14.2. The Balaban J connectivity index is 1.58. The molecule has 2 aliphatic carbocycles. The summed E-state index contributed by atoms with van der Waals surface area (Å²) in [5.74, 6) is 0. The molecule has 5 aromatic rings. The fourth-order valence-electron chi connectivity index (χ4n) is 6.53. The van der Waals surface area contributed by atoms with Gasteiger partial charge in [0.1, 0.15) is 11.2 Å². The van der Waals surface area contributed by atoms with Crippen LogP contribution < -0.4 is 0 Å². The van der Waals surface area contributed by atoms with E-state index in [0.29, 0.717) is 0 Å². The van der Waals surface area contributed by atoms with Crippen LogP contribution in [-0.2, 0) is 17.3 Å². The molecule has 0 amide bonds. The number of furan rings is 1. The Morgan fingerprint density at radius 1 is 0.735 bits per heavy atom. The molecule has 2 aliphatic rings. The van der Waals surface area contributed by atoms with Gasteiger partial charge in [-0.3, -0.25) is 0 Å². The molecule has 0 radical (unpaired) electrons. The second-order valence-corrected chi connectivity index (χ2v) is 11.9. The Hall–Kier alpha value is -2.84. The monoisotopic (exact) mass is 506 g/mol. The van der Waals surface area contributed by atoms with Crippen LogP contribution in [0.25, 0.3) is 44.2 Å². The van der Waals surface area contributed by atoms with E-state index in [2.05, 4.69) is 105 Å². The third-order valence-corrected chi connectivity index (χ3v) is 9.13. The molecule has 2 heteroatoms. The highest BCUT2D eigenvalue weighted by molar-refractivity contribution is 9.10. The van der Waals surface area contributed by atoms with Crippen molar-refractivity contribution in [2.24, 2.45) is 0 Å². The summed E-state index contributed by atoms with van der Waals surface area (Å²) in [6, 6.07) is 22.7. The van der Waals surface area contributed by atoms with Gasteiger partial charge in [0, 0.05) is 31.6 Å². The molecule has 168 valence electrons. The molecule has 0 spiro atoms. The van der Waals surface area contributed by atoms with Gasteiger partial charge in [-0.2, -0.15) is 0 Å². The van der Waals surface area contributed by atoms with Gasteiger partial charge in [0.2, 0.25) is 0 Å². The number of hydrogen-bond donors (Lipinski definition) is 0. The maximum atomic E-state index is 6.56. The molecule has 0 N–H and O–H groups in total. The lowest BCUT2D eigenvalue weighted by Crippen LogP contribution is -2.17. The van der Waals surface area contributed by atoms with Gasteiger partial charge in [-0.15, -0.1) is 0 Å². The molecule has 0 atom stereocenters. The Labute approximate surface area is 208 Å². The fourth-order valence-corrected chi connectivity index (χ4v) is 7.15. The van der Waals surface area contributed by atoms with E-state index in [1.807, 2.05) is 6.07 Å². The molecule has 1 aromatic heterocycles. The Bertz CT molecular complexity index is 1700. The van der Waals surface area contributed by atoms with Crippen molar-refractivity contribution in [1.82, 2.24) is 0 Å². The summed E-state index contributed by atoms with van der Waals surface area (Å²) in [5, 5.41) is 2.34. The third-order valence-electron chi connectivity index (χ3n) is 8.50. The van der Waals surface area contributed by atoms with Crippen molar-refractivity contribution >= 4 is 37.9 Å². The summed E-state index contributed by atoms with van der Waals surface area (Å²) >= 11 is 3.89. The summed E-state index contributed by atoms with van der Waals surface area (Å²) in [6.07, 6.45) is 1.07. The molecular weight excluding hydrogens is 480 g/mol. The lowest BCUT2D eigenvalue weighted by molar-refractivity contribution is 0.649. The standard InChI is InChI=1S/C32H27BrO/c1-6-17-11-12-18-20-14-24-21(15-23(20)31(2,3)22(18)13-17)28-25(32(24,4)5)16-26(33)29-19-9-7-8-10-27(19)34-30(28)29/h7-16H,6H2,1-5H3. The van der Waals surface area contributed by atoms with E-state index in [0.717, 1.165) is 22.1 Å². The molecule has 0 saturated heterocycles. The molecule has 4 aromatic carbocycles. The molecule has 1 heterocycles. The van der Waals surface area contributed by atoms with E-state index in [-0.39, 0.29) is 10.8 Å². The fraction of sp³-hybridized carbons (Fsp3) is 0.250. The number of aryl methyl sites for hydroxylation is 1. The zero-order valence-corrected chi connectivity index (χ0v) is 21.9. The van der Waals surface area contributed by atoms with Crippen molar-refractivity contribution < 1.29 is 4.42 Å². The van der Waals surface area contributed by atoms with Gasteiger partial charge in [-0.1, -0.05) is 86.9 Å². The van der Waals surface area contributed by atoms with Crippen molar-refractivity contribution in [2.45, 2.75) is 51.9 Å². The second kappa shape index (κ2) is 6.43. The van der Waals surface area contributed by atoms with Gasteiger partial charge in [0.05, 0.1) is 0 Å². The first-order valence-electron chi connectivity index (χ1n) is 12.2. The van der Waals surface area contributed by atoms with Crippen LogP contribution in [0.2, 0.25) is 0 Å². The largest absolute Gasteiger partial charge is 0.455 e. The lowest BCUT2D eigenvalue weighted by Gasteiger charge is -2.24. The number of halogens is 1. The number of rotatable bonds is 1. The Morgan fingerprint density at radius 3 is 2.21 bits per heavy atom. The van der Waals surface area contributed by atoms with Crippen molar-refractivity contribution in [3.8, 4) is 22.3 Å². The van der Waals surface area contributed by atoms with Gasteiger partial charge in [0.25, 0.3) is 0 Å². The van der Waals surface area contributed by atoms with Crippen molar-refractivity contribution in [3.63, 3.8) is 0 Å². The first-order chi connectivity index (χ1) is 16.2. The van der Waals surface area contributed by atoms with Crippen LogP contribution in [0, 0.1) is 0 Å². The zero-order valence-electron chi connectivity index (χ0n) is 20.3. The molecule has 0 fully saturated rings. The third kappa shape index (κ3) is 2.35. The maximum Gasteiger partial charge on any atom is 0.144 e. The minimum absolute atomic E-state index is 0.0276. The Morgan fingerprint density at radius 2 is 1.41 bits per heavy atom. The van der Waals surface area contributed by atoms with Crippen LogP contribution in [0.15, 0.2) is 69.6 Å². The minimum Gasteiger partial charge on any atom is -0.455 e. The predicted molar refractivity (Wildman–Crippen MR) is 146 cm³/mol. The SMILES string of the molecule is CCc1ccc2c(c1)C(C)(C)c1cc3c(cc1-2)C(C)(C)c1cc(Br)c2c(oc4ccccc42)c1-3. The van der Waals surface area contributed by atoms with Crippen molar-refractivity contribution in [3.05, 3.63) is 93.0 Å². The van der Waals surface area contributed by atoms with Gasteiger partial charge >= 0.3 is 0 Å². The van der Waals surface area contributed by atoms with Crippen LogP contribution in [0.3, 0.4) is 0 Å². The smallest absolute Gasteiger partial charge is 0.144 e. The first-order valence-corrected chi connectivity index (χ1v) is 13.0. The van der Waals surface area contributed by atoms with Gasteiger partial charge in [0.15, 0.2) is 0 Å². The topological polar surface area (TPSA) is 13.1 Å². The average Bonchev–Trinajstić information content (AvgIpc) is 3.39. The van der Waals surface area contributed by atoms with E-state index < -0.39 is 0 Å². The number of benzene rings is 4. The number of fused-ring (bicyclic) bond motifs is 10. The van der Waals surface area contributed by atoms with Gasteiger partial charge in [-0.05, 0) is 75.2 Å².